The molecule has 2 N–H and O–H groups in total. The number of fused-ring (bicyclic) bond motifs is 3. The summed E-state index contributed by atoms with van der Waals surface area (Å²) in [7, 11) is 0. The van der Waals surface area contributed by atoms with Gasteiger partial charge in [-0.1, -0.05) is 36.3 Å². The number of rotatable bonds is 7. The number of benzene rings is 2. The number of aliphatic hydroxyl groups is 1. The zero-order valence-corrected chi connectivity index (χ0v) is 18.4. The molecule has 0 saturated heterocycles. The summed E-state index contributed by atoms with van der Waals surface area (Å²) in [6.45, 7) is 1.05. The van der Waals surface area contributed by atoms with E-state index in [4.69, 9.17) is 16.5 Å². The fourth-order valence-corrected chi connectivity index (χ4v) is 3.73. The van der Waals surface area contributed by atoms with E-state index in [0.29, 0.717) is 18.8 Å². The number of amides is 1. The third-order valence-corrected chi connectivity index (χ3v) is 5.31. The molecule has 1 amide bonds. The minimum Gasteiger partial charge on any atom is -0.396 e. The van der Waals surface area contributed by atoms with Crippen molar-refractivity contribution in [2.24, 2.45) is 4.99 Å². The highest BCUT2D eigenvalue weighted by Crippen LogP contribution is 2.27. The molecule has 1 aliphatic rings. The molecule has 1 aliphatic heterocycles. The van der Waals surface area contributed by atoms with Crippen LogP contribution in [0.3, 0.4) is 0 Å². The first-order valence-electron chi connectivity index (χ1n) is 10.4. The van der Waals surface area contributed by atoms with E-state index in [2.05, 4.69) is 16.2 Å². The lowest BCUT2D eigenvalue weighted by atomic mass is 9.98. The summed E-state index contributed by atoms with van der Waals surface area (Å²) in [5.74, 6) is 2.48. The van der Waals surface area contributed by atoms with E-state index in [9.17, 15) is 4.79 Å². The van der Waals surface area contributed by atoms with Crippen LogP contribution >= 0.6 is 12.4 Å². The summed E-state index contributed by atoms with van der Waals surface area (Å²) in [5.41, 5.74) is 5.53. The molecule has 0 radical (unpaired) electrons. The Morgan fingerprint density at radius 1 is 1.16 bits per heavy atom. The molecule has 0 spiro atoms. The summed E-state index contributed by atoms with van der Waals surface area (Å²) >= 11 is 0. The molecular weight excluding hydrogens is 424 g/mol. The largest absolute Gasteiger partial charge is 0.396 e. The minimum absolute atomic E-state index is 0. The number of aromatic nitrogens is 2. The molecule has 0 aliphatic carbocycles. The lowest BCUT2D eigenvalue weighted by Gasteiger charge is -2.12. The average molecular weight is 449 g/mol. The third kappa shape index (κ3) is 4.75. The maximum Gasteiger partial charge on any atom is 0.271 e. The number of carbonyl (C=O) groups is 1. The van der Waals surface area contributed by atoms with Crippen LogP contribution in [0.1, 0.15) is 52.1 Å². The Kier molecular flexibility index (Phi) is 7.82. The molecule has 2 aromatic carbocycles. The van der Waals surface area contributed by atoms with Crippen LogP contribution in [-0.4, -0.2) is 39.4 Å². The first-order chi connectivity index (χ1) is 15.2. The van der Waals surface area contributed by atoms with Gasteiger partial charge in [-0.2, -0.15) is 0 Å². The monoisotopic (exact) mass is 448 g/mol. The van der Waals surface area contributed by atoms with Gasteiger partial charge in [-0.3, -0.25) is 14.4 Å². The molecule has 0 fully saturated rings. The smallest absolute Gasteiger partial charge is 0.271 e. The van der Waals surface area contributed by atoms with Gasteiger partial charge in [0.1, 0.15) is 6.33 Å². The number of hydrogen-bond acceptors (Lipinski definition) is 4. The first kappa shape index (κ1) is 23.3. The molecule has 3 aromatic rings. The Morgan fingerprint density at radius 3 is 2.72 bits per heavy atom. The van der Waals surface area contributed by atoms with Crippen LogP contribution in [0.15, 0.2) is 59.9 Å². The molecule has 1 aromatic heterocycles. The molecule has 0 atom stereocenters. The van der Waals surface area contributed by atoms with Gasteiger partial charge in [0, 0.05) is 29.8 Å². The van der Waals surface area contributed by atoms with Crippen LogP contribution in [0.5, 0.6) is 0 Å². The zero-order valence-electron chi connectivity index (χ0n) is 17.6. The van der Waals surface area contributed by atoms with E-state index in [1.165, 1.54) is 0 Å². The van der Waals surface area contributed by atoms with Crippen molar-refractivity contribution in [1.29, 1.82) is 0 Å². The van der Waals surface area contributed by atoms with Gasteiger partial charge in [0.05, 0.1) is 23.6 Å². The van der Waals surface area contributed by atoms with Gasteiger partial charge in [-0.25, -0.2) is 4.98 Å². The van der Waals surface area contributed by atoms with Crippen LogP contribution in [0.4, 0.5) is 0 Å². The summed E-state index contributed by atoms with van der Waals surface area (Å²) in [6, 6.07) is 15.8. The number of nitrogens with zero attached hydrogens (tertiary/aromatic N) is 3. The van der Waals surface area contributed by atoms with Crippen molar-refractivity contribution < 1.29 is 9.90 Å². The van der Waals surface area contributed by atoms with Crippen molar-refractivity contribution in [3.8, 4) is 18.0 Å². The molecule has 2 heterocycles. The highest BCUT2D eigenvalue weighted by Gasteiger charge is 2.24. The lowest BCUT2D eigenvalue weighted by molar-refractivity contribution is 0.0947. The highest BCUT2D eigenvalue weighted by atomic mass is 35.5. The third-order valence-electron chi connectivity index (χ3n) is 5.31. The van der Waals surface area contributed by atoms with E-state index < -0.39 is 0 Å². The van der Waals surface area contributed by atoms with Crippen molar-refractivity contribution >= 4 is 24.0 Å². The van der Waals surface area contributed by atoms with Gasteiger partial charge in [-0.15, -0.1) is 18.8 Å². The SMILES string of the molecule is C#Cc1ccc2c(c1)C(c1ccccc1)=NCc1c(C(=O)NCCCCCO)ncn1-2.Cl. The van der Waals surface area contributed by atoms with Gasteiger partial charge >= 0.3 is 0 Å². The van der Waals surface area contributed by atoms with Crippen molar-refractivity contribution in [3.05, 3.63) is 82.9 Å². The second-order valence-electron chi connectivity index (χ2n) is 7.36. The minimum atomic E-state index is -0.210. The van der Waals surface area contributed by atoms with Crippen LogP contribution in [-0.2, 0) is 6.54 Å². The normalized spacial score (nSPS) is 11.8. The number of aliphatic imine (C=N–C) groups is 1. The van der Waals surface area contributed by atoms with Gasteiger partial charge in [0.15, 0.2) is 5.69 Å². The lowest BCUT2D eigenvalue weighted by Crippen LogP contribution is -2.26. The molecule has 6 nitrogen and oxygen atoms in total. The summed E-state index contributed by atoms with van der Waals surface area (Å²) in [6.07, 6.45) is 9.74. The van der Waals surface area contributed by atoms with E-state index >= 15 is 0 Å². The zero-order chi connectivity index (χ0) is 21.6. The number of hydrogen-bond donors (Lipinski definition) is 2. The maximum atomic E-state index is 12.8. The van der Waals surface area contributed by atoms with E-state index in [-0.39, 0.29) is 24.9 Å². The maximum absolute atomic E-state index is 12.8. The quantitative estimate of drug-likeness (QED) is 0.428. The van der Waals surface area contributed by atoms with Crippen molar-refractivity contribution in [1.82, 2.24) is 14.9 Å². The fraction of sp³-hybridized carbons (Fsp3) is 0.240. The Balaban J connectivity index is 0.00000289. The van der Waals surface area contributed by atoms with Gasteiger partial charge in [0.25, 0.3) is 5.91 Å². The number of halogens is 1. The summed E-state index contributed by atoms with van der Waals surface area (Å²) in [4.78, 5) is 22.0. The van der Waals surface area contributed by atoms with E-state index in [1.807, 2.05) is 53.1 Å². The van der Waals surface area contributed by atoms with Gasteiger partial charge in [0.2, 0.25) is 0 Å². The van der Waals surface area contributed by atoms with Crippen LogP contribution in [0.25, 0.3) is 5.69 Å². The molecule has 0 bridgehead atoms. The Bertz CT molecular complexity index is 1160. The second-order valence-corrected chi connectivity index (χ2v) is 7.36. The molecule has 7 heteroatoms. The number of terminal acetylenes is 1. The molecular formula is C25H25ClN4O2. The van der Waals surface area contributed by atoms with Crippen molar-refractivity contribution in [2.45, 2.75) is 25.8 Å². The van der Waals surface area contributed by atoms with E-state index in [1.54, 1.807) is 6.33 Å². The molecule has 0 unspecified atom stereocenters. The number of nitrogens with one attached hydrogen (secondary N) is 1. The molecule has 32 heavy (non-hydrogen) atoms. The Morgan fingerprint density at radius 2 is 1.97 bits per heavy atom. The molecule has 0 saturated carbocycles. The Hall–Kier alpha value is -3.40. The fourth-order valence-electron chi connectivity index (χ4n) is 3.73. The first-order valence-corrected chi connectivity index (χ1v) is 10.4. The Labute approximate surface area is 193 Å². The number of carbonyl (C=O) groups excluding carboxylic acids is 1. The highest BCUT2D eigenvalue weighted by molar-refractivity contribution is 6.15. The average Bonchev–Trinajstić information content (AvgIpc) is 3.16. The predicted molar refractivity (Wildman–Crippen MR) is 128 cm³/mol. The summed E-state index contributed by atoms with van der Waals surface area (Å²) in [5, 5.41) is 11.8. The number of unbranched alkanes of at least 4 members (excludes halogenated alkanes) is 2. The second kappa shape index (κ2) is 10.8. The van der Waals surface area contributed by atoms with Crippen molar-refractivity contribution in [3.63, 3.8) is 0 Å². The van der Waals surface area contributed by atoms with Crippen molar-refractivity contribution in [2.75, 3.05) is 13.2 Å². The standard InChI is InChI=1S/C25H24N4O2.ClH/c1-2-18-11-12-21-20(15-18)23(19-9-5-3-6-10-19)27-16-22-24(28-17-29(21)22)25(31)26-13-7-4-8-14-30;/h1,3,5-6,9-12,15,17,30H,4,7-8,13-14,16H2,(H,26,31);1H. The van der Waals surface area contributed by atoms with E-state index in [0.717, 1.165) is 53.0 Å². The van der Waals surface area contributed by atoms with Crippen LogP contribution in [0.2, 0.25) is 0 Å². The number of imidazole rings is 1. The van der Waals surface area contributed by atoms with Crippen LogP contribution in [0, 0.1) is 12.3 Å². The van der Waals surface area contributed by atoms with Crippen LogP contribution < -0.4 is 5.32 Å². The topological polar surface area (TPSA) is 79.5 Å². The van der Waals surface area contributed by atoms with Gasteiger partial charge < -0.3 is 10.4 Å². The molecule has 4 rings (SSSR count). The number of aliphatic hydroxyl groups excluding tert-OH is 1. The van der Waals surface area contributed by atoms with Gasteiger partial charge in [-0.05, 0) is 37.5 Å². The predicted octanol–water partition coefficient (Wildman–Crippen LogP) is 3.52. The molecule has 164 valence electrons. The summed E-state index contributed by atoms with van der Waals surface area (Å²) < 4.78 is 1.93.